The maximum Gasteiger partial charge on any atom is 0.270 e. The standard InChI is InChI=1S/C24H23N5O5S/c30-21-12-16(14-28(21)17-4-2-1-3-5-17)23(32)27-10-8-15(9-11-27)22(31)26-24-25-19-7-6-18(29(33)34)13-20(19)35-24/h1-7,13,15-16H,8-12,14H2,(H,25,26,31). The van der Waals surface area contributed by atoms with E-state index in [1.165, 1.54) is 23.5 Å². The van der Waals surface area contributed by atoms with E-state index >= 15 is 0 Å². The quantitative estimate of drug-likeness (QED) is 0.429. The van der Waals surface area contributed by atoms with Crippen LogP contribution in [0.3, 0.4) is 0 Å². The first kappa shape index (κ1) is 22.9. The number of nitro groups is 1. The van der Waals surface area contributed by atoms with Crippen molar-refractivity contribution in [2.24, 2.45) is 11.8 Å². The Kier molecular flexibility index (Phi) is 6.16. The van der Waals surface area contributed by atoms with Crippen LogP contribution in [0.15, 0.2) is 48.5 Å². The lowest BCUT2D eigenvalue weighted by molar-refractivity contribution is -0.384. The minimum Gasteiger partial charge on any atom is -0.342 e. The molecule has 180 valence electrons. The number of likely N-dealkylation sites (tertiary alicyclic amines) is 1. The number of amides is 3. The van der Waals surface area contributed by atoms with Crippen LogP contribution in [0.1, 0.15) is 19.3 Å². The first-order valence-electron chi connectivity index (χ1n) is 11.4. The number of carbonyl (C=O) groups is 3. The van der Waals surface area contributed by atoms with Crippen LogP contribution in [0.25, 0.3) is 10.2 Å². The third kappa shape index (κ3) is 4.72. The van der Waals surface area contributed by atoms with Crippen molar-refractivity contribution in [1.29, 1.82) is 0 Å². The fourth-order valence-corrected chi connectivity index (χ4v) is 5.54. The molecule has 3 amide bonds. The Labute approximate surface area is 204 Å². The predicted molar refractivity (Wildman–Crippen MR) is 131 cm³/mol. The van der Waals surface area contributed by atoms with Gasteiger partial charge in [0.2, 0.25) is 17.7 Å². The summed E-state index contributed by atoms with van der Waals surface area (Å²) in [5.74, 6) is -0.892. The van der Waals surface area contributed by atoms with Crippen LogP contribution < -0.4 is 10.2 Å². The Morgan fingerprint density at radius 2 is 1.83 bits per heavy atom. The molecule has 0 radical (unpaired) electrons. The number of nitrogens with one attached hydrogen (secondary N) is 1. The van der Waals surface area contributed by atoms with Crippen LogP contribution >= 0.6 is 11.3 Å². The second kappa shape index (κ2) is 9.41. The number of aromatic nitrogens is 1. The van der Waals surface area contributed by atoms with Gasteiger partial charge < -0.3 is 15.1 Å². The number of hydrogen-bond donors (Lipinski definition) is 1. The molecule has 2 saturated heterocycles. The molecule has 0 aliphatic carbocycles. The number of nitro benzene ring substituents is 1. The lowest BCUT2D eigenvalue weighted by Gasteiger charge is -2.32. The Hall–Kier alpha value is -3.86. The average molecular weight is 494 g/mol. The zero-order valence-electron chi connectivity index (χ0n) is 18.8. The minimum atomic E-state index is -0.465. The number of benzene rings is 2. The van der Waals surface area contributed by atoms with Crippen molar-refractivity contribution in [2.75, 3.05) is 29.9 Å². The molecule has 11 heteroatoms. The number of anilines is 2. The summed E-state index contributed by atoms with van der Waals surface area (Å²) < 4.78 is 0.630. The van der Waals surface area contributed by atoms with E-state index in [-0.39, 0.29) is 41.7 Å². The number of thiazole rings is 1. The van der Waals surface area contributed by atoms with Crippen molar-refractivity contribution in [3.05, 3.63) is 58.6 Å². The number of carbonyl (C=O) groups excluding carboxylic acids is 3. The summed E-state index contributed by atoms with van der Waals surface area (Å²) in [7, 11) is 0. The highest BCUT2D eigenvalue weighted by Gasteiger charge is 2.38. The van der Waals surface area contributed by atoms with Gasteiger partial charge in [0.25, 0.3) is 5.69 Å². The molecule has 2 aliphatic rings. The van der Waals surface area contributed by atoms with Gasteiger partial charge in [-0.1, -0.05) is 29.5 Å². The van der Waals surface area contributed by atoms with Crippen LogP contribution in [0.5, 0.6) is 0 Å². The number of piperidine rings is 1. The highest BCUT2D eigenvalue weighted by molar-refractivity contribution is 7.22. The molecular formula is C24H23N5O5S. The van der Waals surface area contributed by atoms with Crippen LogP contribution in [0.2, 0.25) is 0 Å². The van der Waals surface area contributed by atoms with E-state index in [0.717, 1.165) is 5.69 Å². The van der Waals surface area contributed by atoms with Crippen molar-refractivity contribution in [1.82, 2.24) is 9.88 Å². The molecule has 1 atom stereocenters. The van der Waals surface area contributed by atoms with Gasteiger partial charge in [0.15, 0.2) is 5.13 Å². The van der Waals surface area contributed by atoms with Gasteiger partial charge in [0.1, 0.15) is 0 Å². The van der Waals surface area contributed by atoms with E-state index in [1.54, 1.807) is 15.9 Å². The van der Waals surface area contributed by atoms with Crippen molar-refractivity contribution in [3.8, 4) is 0 Å². The Morgan fingerprint density at radius 1 is 1.09 bits per heavy atom. The summed E-state index contributed by atoms with van der Waals surface area (Å²) >= 11 is 1.19. The summed E-state index contributed by atoms with van der Waals surface area (Å²) in [5.41, 5.74) is 1.37. The van der Waals surface area contributed by atoms with Gasteiger partial charge in [-0.3, -0.25) is 24.5 Å². The van der Waals surface area contributed by atoms with E-state index in [0.29, 0.717) is 47.8 Å². The summed E-state index contributed by atoms with van der Waals surface area (Å²) in [6, 6.07) is 13.7. The zero-order valence-corrected chi connectivity index (χ0v) is 19.6. The molecule has 3 heterocycles. The molecule has 0 spiro atoms. The normalized spacial score (nSPS) is 18.7. The van der Waals surface area contributed by atoms with Crippen molar-refractivity contribution in [3.63, 3.8) is 0 Å². The van der Waals surface area contributed by atoms with Gasteiger partial charge in [0.05, 0.1) is 21.1 Å². The van der Waals surface area contributed by atoms with Gasteiger partial charge in [0, 0.05) is 49.8 Å². The average Bonchev–Trinajstić information content (AvgIpc) is 3.46. The Morgan fingerprint density at radius 3 is 2.54 bits per heavy atom. The molecule has 0 bridgehead atoms. The minimum absolute atomic E-state index is 0.0214. The zero-order chi connectivity index (χ0) is 24.5. The maximum absolute atomic E-state index is 13.1. The number of para-hydroxylation sites is 1. The second-order valence-corrected chi connectivity index (χ2v) is 9.79. The fourth-order valence-electron chi connectivity index (χ4n) is 4.64. The van der Waals surface area contributed by atoms with Gasteiger partial charge in [-0.05, 0) is 31.0 Å². The smallest absolute Gasteiger partial charge is 0.270 e. The Bertz CT molecular complexity index is 1300. The highest BCUT2D eigenvalue weighted by atomic mass is 32.1. The third-order valence-electron chi connectivity index (χ3n) is 6.53. The van der Waals surface area contributed by atoms with Crippen LogP contribution in [0, 0.1) is 22.0 Å². The molecule has 3 aromatic rings. The first-order valence-corrected chi connectivity index (χ1v) is 12.2. The number of fused-ring (bicyclic) bond motifs is 1. The molecule has 1 N–H and O–H groups in total. The second-order valence-electron chi connectivity index (χ2n) is 8.76. The van der Waals surface area contributed by atoms with Gasteiger partial charge in [-0.25, -0.2) is 4.98 Å². The van der Waals surface area contributed by atoms with Crippen LogP contribution in [0.4, 0.5) is 16.5 Å². The molecule has 2 aromatic carbocycles. The van der Waals surface area contributed by atoms with Gasteiger partial charge >= 0.3 is 0 Å². The van der Waals surface area contributed by atoms with Crippen molar-refractivity contribution >= 4 is 55.8 Å². The summed E-state index contributed by atoms with van der Waals surface area (Å²) in [4.78, 5) is 56.6. The van der Waals surface area contributed by atoms with Crippen molar-refractivity contribution < 1.29 is 19.3 Å². The summed E-state index contributed by atoms with van der Waals surface area (Å²) in [5, 5.41) is 14.2. The first-order chi connectivity index (χ1) is 16.9. The number of non-ortho nitro benzene ring substituents is 1. The molecule has 5 rings (SSSR count). The van der Waals surface area contributed by atoms with Gasteiger partial charge in [-0.2, -0.15) is 0 Å². The molecule has 10 nitrogen and oxygen atoms in total. The van der Waals surface area contributed by atoms with Crippen LogP contribution in [-0.2, 0) is 14.4 Å². The maximum atomic E-state index is 13.1. The van der Waals surface area contributed by atoms with E-state index in [2.05, 4.69) is 10.3 Å². The summed E-state index contributed by atoms with van der Waals surface area (Å²) in [6.07, 6.45) is 1.25. The SMILES string of the molecule is O=C(Nc1nc2ccc([N+](=O)[O-])cc2s1)C1CCN(C(=O)C2CC(=O)N(c3ccccc3)C2)CC1. The number of nitrogens with zero attached hydrogens (tertiary/aromatic N) is 4. The van der Waals surface area contributed by atoms with E-state index in [4.69, 9.17) is 0 Å². The van der Waals surface area contributed by atoms with Crippen LogP contribution in [-0.4, -0.2) is 52.2 Å². The Balaban J connectivity index is 1.15. The van der Waals surface area contributed by atoms with E-state index in [9.17, 15) is 24.5 Å². The third-order valence-corrected chi connectivity index (χ3v) is 7.47. The molecule has 35 heavy (non-hydrogen) atoms. The molecule has 2 fully saturated rings. The topological polar surface area (TPSA) is 126 Å². The molecular weight excluding hydrogens is 470 g/mol. The summed E-state index contributed by atoms with van der Waals surface area (Å²) in [6.45, 7) is 1.29. The highest BCUT2D eigenvalue weighted by Crippen LogP contribution is 2.31. The molecule has 1 unspecified atom stereocenters. The lowest BCUT2D eigenvalue weighted by Crippen LogP contribution is -2.44. The van der Waals surface area contributed by atoms with Crippen molar-refractivity contribution in [2.45, 2.75) is 19.3 Å². The lowest BCUT2D eigenvalue weighted by atomic mass is 9.94. The number of rotatable bonds is 5. The molecule has 2 aliphatic heterocycles. The number of hydrogen-bond acceptors (Lipinski definition) is 7. The van der Waals surface area contributed by atoms with E-state index < -0.39 is 4.92 Å². The fraction of sp³-hybridized carbons (Fsp3) is 0.333. The van der Waals surface area contributed by atoms with E-state index in [1.807, 2.05) is 30.3 Å². The molecule has 1 aromatic heterocycles. The monoisotopic (exact) mass is 493 g/mol. The van der Waals surface area contributed by atoms with Gasteiger partial charge in [-0.15, -0.1) is 0 Å². The largest absolute Gasteiger partial charge is 0.342 e. The molecule has 0 saturated carbocycles. The predicted octanol–water partition coefficient (Wildman–Crippen LogP) is 3.43.